The van der Waals surface area contributed by atoms with E-state index < -0.39 is 0 Å². The first-order chi connectivity index (χ1) is 16.9. The number of carbonyl (C=O) groups is 1. The smallest absolute Gasteiger partial charge is 0.253 e. The molecule has 0 atom stereocenters. The molecule has 0 radical (unpaired) electrons. The second-order valence-corrected chi connectivity index (χ2v) is 10.8. The number of carbonyl (C=O) groups excluding carboxylic acids is 1. The Morgan fingerprint density at radius 3 is 2.26 bits per heavy atom. The van der Waals surface area contributed by atoms with E-state index >= 15 is 0 Å². The lowest BCUT2D eigenvalue weighted by Crippen LogP contribution is -2.42. The van der Waals surface area contributed by atoms with Gasteiger partial charge in [-0.05, 0) is 86.3 Å². The minimum atomic E-state index is 0.105. The number of nitrogens with zero attached hydrogens (tertiary/aromatic N) is 2. The van der Waals surface area contributed by atoms with Gasteiger partial charge in [0.15, 0.2) is 0 Å². The van der Waals surface area contributed by atoms with Crippen molar-refractivity contribution in [3.63, 3.8) is 0 Å². The van der Waals surface area contributed by atoms with Crippen LogP contribution in [-0.2, 0) is 6.54 Å². The Bertz CT molecular complexity index is 1210. The molecule has 1 spiro atoms. The van der Waals surface area contributed by atoms with E-state index in [9.17, 15) is 4.79 Å². The van der Waals surface area contributed by atoms with Crippen molar-refractivity contribution in [3.05, 3.63) is 92.9 Å². The number of amides is 1. The van der Waals surface area contributed by atoms with Crippen molar-refractivity contribution >= 4 is 40.7 Å². The Kier molecular flexibility index (Phi) is 7.26. The first kappa shape index (κ1) is 24.5. The molecule has 1 amide bonds. The van der Waals surface area contributed by atoms with Crippen molar-refractivity contribution in [2.75, 3.05) is 26.2 Å². The Balaban J connectivity index is 1.19. The van der Waals surface area contributed by atoms with Crippen molar-refractivity contribution in [3.8, 4) is 11.5 Å². The van der Waals surface area contributed by atoms with Crippen LogP contribution in [-0.4, -0.2) is 41.9 Å². The predicted octanol–water partition coefficient (Wildman–Crippen LogP) is 7.57. The highest BCUT2D eigenvalue weighted by atomic mass is 35.5. The van der Waals surface area contributed by atoms with E-state index in [1.807, 2.05) is 35.2 Å². The normalized spacial score (nSPS) is 17.6. The van der Waals surface area contributed by atoms with E-state index in [0.717, 1.165) is 63.3 Å². The molecular weight excluding hydrogens is 503 g/mol. The minimum Gasteiger partial charge on any atom is -0.455 e. The van der Waals surface area contributed by atoms with Gasteiger partial charge in [0.25, 0.3) is 5.91 Å². The molecular formula is C28H27Cl3N2O2. The fourth-order valence-corrected chi connectivity index (χ4v) is 5.70. The molecule has 0 aliphatic carbocycles. The second-order valence-electron chi connectivity index (χ2n) is 9.54. The van der Waals surface area contributed by atoms with Crippen molar-refractivity contribution < 1.29 is 9.53 Å². The maximum atomic E-state index is 13.0. The molecule has 2 aliphatic heterocycles. The number of piperidine rings is 1. The highest BCUT2D eigenvalue weighted by Crippen LogP contribution is 2.41. The summed E-state index contributed by atoms with van der Waals surface area (Å²) in [6.07, 6.45) is 3.24. The number of benzene rings is 3. The number of hydrogen-bond acceptors (Lipinski definition) is 3. The zero-order valence-corrected chi connectivity index (χ0v) is 21.6. The van der Waals surface area contributed by atoms with Crippen LogP contribution in [0.15, 0.2) is 66.7 Å². The van der Waals surface area contributed by atoms with Crippen molar-refractivity contribution in [1.82, 2.24) is 9.80 Å². The quantitative estimate of drug-likeness (QED) is 0.342. The van der Waals surface area contributed by atoms with Gasteiger partial charge in [0, 0.05) is 40.8 Å². The summed E-state index contributed by atoms with van der Waals surface area (Å²) < 4.78 is 6.15. The lowest BCUT2D eigenvalue weighted by atomic mass is 9.77. The average molecular weight is 530 g/mol. The maximum Gasteiger partial charge on any atom is 0.253 e. The monoisotopic (exact) mass is 528 g/mol. The van der Waals surface area contributed by atoms with Gasteiger partial charge in [-0.25, -0.2) is 0 Å². The molecule has 0 bridgehead atoms. The van der Waals surface area contributed by atoms with E-state index in [0.29, 0.717) is 26.4 Å². The van der Waals surface area contributed by atoms with Crippen LogP contribution < -0.4 is 4.74 Å². The highest BCUT2D eigenvalue weighted by molar-refractivity contribution is 6.35. The number of rotatable bonds is 5. The van der Waals surface area contributed by atoms with Crippen LogP contribution in [0.1, 0.15) is 35.2 Å². The molecule has 0 saturated carbocycles. The number of hydrogen-bond donors (Lipinski definition) is 0. The molecule has 4 nitrogen and oxygen atoms in total. The summed E-state index contributed by atoms with van der Waals surface area (Å²) in [7, 11) is 0. The zero-order valence-electron chi connectivity index (χ0n) is 19.4. The van der Waals surface area contributed by atoms with Crippen LogP contribution in [0, 0.1) is 5.41 Å². The molecule has 35 heavy (non-hydrogen) atoms. The summed E-state index contributed by atoms with van der Waals surface area (Å²) in [4.78, 5) is 17.4. The fourth-order valence-electron chi connectivity index (χ4n) is 5.13. The van der Waals surface area contributed by atoms with Crippen molar-refractivity contribution in [2.24, 2.45) is 5.41 Å². The summed E-state index contributed by atoms with van der Waals surface area (Å²) in [6.45, 7) is 4.46. The Labute approximate surface area is 221 Å². The van der Waals surface area contributed by atoms with Gasteiger partial charge in [0.1, 0.15) is 11.5 Å². The summed E-state index contributed by atoms with van der Waals surface area (Å²) in [6, 6.07) is 20.5. The molecule has 5 rings (SSSR count). The molecule has 2 saturated heterocycles. The van der Waals surface area contributed by atoms with Crippen LogP contribution in [0.25, 0.3) is 0 Å². The lowest BCUT2D eigenvalue weighted by molar-refractivity contribution is 0.0713. The van der Waals surface area contributed by atoms with E-state index in [1.54, 1.807) is 30.3 Å². The van der Waals surface area contributed by atoms with Crippen molar-refractivity contribution in [2.45, 2.75) is 25.8 Å². The third-order valence-corrected chi connectivity index (χ3v) is 8.00. The third kappa shape index (κ3) is 5.62. The van der Waals surface area contributed by atoms with Gasteiger partial charge in [-0.1, -0.05) is 53.0 Å². The Morgan fingerprint density at radius 1 is 0.829 bits per heavy atom. The van der Waals surface area contributed by atoms with Gasteiger partial charge in [-0.3, -0.25) is 9.69 Å². The molecule has 2 heterocycles. The summed E-state index contributed by atoms with van der Waals surface area (Å²) in [5, 5.41) is 1.72. The molecule has 0 unspecified atom stereocenters. The molecule has 7 heteroatoms. The number of halogens is 3. The molecule has 0 N–H and O–H groups in total. The van der Waals surface area contributed by atoms with E-state index in [2.05, 4.69) is 11.0 Å². The summed E-state index contributed by atoms with van der Waals surface area (Å²) in [5.74, 6) is 1.50. The van der Waals surface area contributed by atoms with Crippen LogP contribution in [0.4, 0.5) is 0 Å². The molecule has 3 aromatic rings. The van der Waals surface area contributed by atoms with Gasteiger partial charge in [-0.15, -0.1) is 0 Å². The van der Waals surface area contributed by atoms with Crippen LogP contribution >= 0.6 is 34.8 Å². The maximum absolute atomic E-state index is 13.0. The third-order valence-electron chi connectivity index (χ3n) is 7.21. The number of ether oxygens (including phenoxy) is 1. The molecule has 2 fully saturated rings. The summed E-state index contributed by atoms with van der Waals surface area (Å²) >= 11 is 18.3. The topological polar surface area (TPSA) is 32.8 Å². The van der Waals surface area contributed by atoms with Crippen LogP contribution in [0.3, 0.4) is 0 Å². The average Bonchev–Trinajstić information content (AvgIpc) is 3.27. The Hall–Kier alpha value is -2.24. The van der Waals surface area contributed by atoms with Crippen LogP contribution in [0.5, 0.6) is 11.5 Å². The summed E-state index contributed by atoms with van der Waals surface area (Å²) in [5.41, 5.74) is 2.05. The van der Waals surface area contributed by atoms with E-state index in [4.69, 9.17) is 39.5 Å². The second kappa shape index (κ2) is 10.4. The number of para-hydroxylation sites is 1. The van der Waals surface area contributed by atoms with E-state index in [1.165, 1.54) is 0 Å². The Morgan fingerprint density at radius 2 is 1.51 bits per heavy atom. The first-order valence-electron chi connectivity index (χ1n) is 11.9. The van der Waals surface area contributed by atoms with Gasteiger partial charge in [0.2, 0.25) is 0 Å². The van der Waals surface area contributed by atoms with Gasteiger partial charge in [0.05, 0.1) is 5.02 Å². The SMILES string of the molecule is O=C(c1ccc(Cl)cc1)N1CCC2(CCN(Cc3ccccc3Oc3ccc(Cl)cc3Cl)CC2)C1. The number of likely N-dealkylation sites (tertiary alicyclic amines) is 2. The predicted molar refractivity (Wildman–Crippen MR) is 142 cm³/mol. The molecule has 3 aromatic carbocycles. The minimum absolute atomic E-state index is 0.105. The largest absolute Gasteiger partial charge is 0.455 e. The van der Waals surface area contributed by atoms with E-state index in [-0.39, 0.29) is 11.3 Å². The lowest BCUT2D eigenvalue weighted by Gasteiger charge is -2.39. The highest BCUT2D eigenvalue weighted by Gasteiger charge is 2.42. The van der Waals surface area contributed by atoms with Gasteiger partial charge in [-0.2, -0.15) is 0 Å². The zero-order chi connectivity index (χ0) is 24.4. The molecule has 0 aromatic heterocycles. The van der Waals surface area contributed by atoms with Gasteiger partial charge >= 0.3 is 0 Å². The van der Waals surface area contributed by atoms with Crippen molar-refractivity contribution in [1.29, 1.82) is 0 Å². The first-order valence-corrected chi connectivity index (χ1v) is 13.0. The van der Waals surface area contributed by atoms with Gasteiger partial charge < -0.3 is 9.64 Å². The standard InChI is InChI=1S/C28H27Cl3N2O2/c29-22-7-5-20(6-8-22)27(34)33-16-13-28(19-33)11-14-32(15-12-28)18-21-3-1-2-4-25(21)35-26-10-9-23(30)17-24(26)31/h1-10,17H,11-16,18-19H2. The fraction of sp³-hybridized carbons (Fsp3) is 0.321. The van der Waals surface area contributed by atoms with Crippen LogP contribution in [0.2, 0.25) is 15.1 Å². The molecule has 182 valence electrons. The molecule has 2 aliphatic rings.